The molecule has 0 aliphatic heterocycles. The molecule has 2 rings (SSSR count). The molecule has 0 aromatic heterocycles. The van der Waals surface area contributed by atoms with Gasteiger partial charge in [-0.15, -0.1) is 12.4 Å². The Morgan fingerprint density at radius 2 is 1.80 bits per heavy atom. The number of nitrogens with two attached hydrogens (primary N) is 1. The van der Waals surface area contributed by atoms with Crippen LogP contribution in [0.25, 0.3) is 0 Å². The van der Waals surface area contributed by atoms with E-state index in [1.165, 1.54) is 19.3 Å². The molecule has 0 aromatic rings. The third-order valence-electron chi connectivity index (χ3n) is 4.03. The first-order valence-electron chi connectivity index (χ1n) is 5.69. The lowest BCUT2D eigenvalue weighted by molar-refractivity contribution is -0.127. The quantitative estimate of drug-likeness (QED) is 0.716. The predicted octanol–water partition coefficient (Wildman–Crippen LogP) is 1.31. The Kier molecular flexibility index (Phi) is 4.41. The SMILES string of the molecule is CNC(=O)C1CC2CCCC(C1)C2N.Cl. The summed E-state index contributed by atoms with van der Waals surface area (Å²) in [7, 11) is 1.73. The van der Waals surface area contributed by atoms with Crippen LogP contribution < -0.4 is 11.1 Å². The van der Waals surface area contributed by atoms with Crippen LogP contribution >= 0.6 is 12.4 Å². The van der Waals surface area contributed by atoms with Gasteiger partial charge in [-0.25, -0.2) is 0 Å². The van der Waals surface area contributed by atoms with Crippen molar-refractivity contribution in [2.75, 3.05) is 7.05 Å². The number of hydrogen-bond acceptors (Lipinski definition) is 2. The highest BCUT2D eigenvalue weighted by Gasteiger charge is 2.40. The molecule has 0 radical (unpaired) electrons. The molecule has 2 bridgehead atoms. The van der Waals surface area contributed by atoms with Gasteiger partial charge in [0.25, 0.3) is 0 Å². The van der Waals surface area contributed by atoms with Gasteiger partial charge in [-0.05, 0) is 37.5 Å². The Morgan fingerprint density at radius 1 is 1.27 bits per heavy atom. The molecule has 0 heterocycles. The van der Waals surface area contributed by atoms with Gasteiger partial charge in [0, 0.05) is 19.0 Å². The second-order valence-electron chi connectivity index (χ2n) is 4.81. The fourth-order valence-corrected chi connectivity index (χ4v) is 3.21. The Morgan fingerprint density at radius 3 is 2.27 bits per heavy atom. The van der Waals surface area contributed by atoms with Crippen LogP contribution in [0.3, 0.4) is 0 Å². The number of amides is 1. The minimum atomic E-state index is 0. The molecule has 2 saturated carbocycles. The van der Waals surface area contributed by atoms with Crippen LogP contribution in [-0.4, -0.2) is 19.0 Å². The van der Waals surface area contributed by atoms with Crippen molar-refractivity contribution < 1.29 is 4.79 Å². The molecule has 2 unspecified atom stereocenters. The van der Waals surface area contributed by atoms with E-state index in [0.717, 1.165) is 12.8 Å². The predicted molar refractivity (Wildman–Crippen MR) is 62.8 cm³/mol. The summed E-state index contributed by atoms with van der Waals surface area (Å²) in [4.78, 5) is 11.6. The third kappa shape index (κ3) is 2.45. The van der Waals surface area contributed by atoms with Crippen LogP contribution in [0.5, 0.6) is 0 Å². The molecule has 2 atom stereocenters. The van der Waals surface area contributed by atoms with E-state index in [4.69, 9.17) is 5.73 Å². The van der Waals surface area contributed by atoms with Gasteiger partial charge in [0.2, 0.25) is 5.91 Å². The van der Waals surface area contributed by atoms with Gasteiger partial charge in [0.15, 0.2) is 0 Å². The highest BCUT2D eigenvalue weighted by Crippen LogP contribution is 2.41. The van der Waals surface area contributed by atoms with E-state index in [1.54, 1.807) is 7.05 Å². The highest BCUT2D eigenvalue weighted by atomic mass is 35.5. The van der Waals surface area contributed by atoms with Crippen molar-refractivity contribution in [3.05, 3.63) is 0 Å². The molecule has 0 aromatic carbocycles. The second kappa shape index (κ2) is 5.17. The Hall–Kier alpha value is -0.280. The standard InChI is InChI=1S/C11H20N2O.ClH/c1-13-11(14)9-5-7-3-2-4-8(6-9)10(7)12;/h7-10H,2-6,12H2,1H3,(H,13,14);1H. The minimum absolute atomic E-state index is 0. The van der Waals surface area contributed by atoms with Gasteiger partial charge in [0.1, 0.15) is 0 Å². The van der Waals surface area contributed by atoms with Crippen molar-refractivity contribution >= 4 is 18.3 Å². The lowest BCUT2D eigenvalue weighted by Gasteiger charge is -2.43. The number of fused-ring (bicyclic) bond motifs is 2. The van der Waals surface area contributed by atoms with Crippen molar-refractivity contribution in [3.63, 3.8) is 0 Å². The molecule has 4 heteroatoms. The Labute approximate surface area is 97.6 Å². The van der Waals surface area contributed by atoms with Crippen LogP contribution in [0.1, 0.15) is 32.1 Å². The molecule has 2 fully saturated rings. The normalized spacial score (nSPS) is 39.1. The fourth-order valence-electron chi connectivity index (χ4n) is 3.21. The molecule has 15 heavy (non-hydrogen) atoms. The average molecular weight is 233 g/mol. The maximum Gasteiger partial charge on any atom is 0.222 e. The summed E-state index contributed by atoms with van der Waals surface area (Å²) in [5, 5.41) is 2.76. The van der Waals surface area contributed by atoms with E-state index < -0.39 is 0 Å². The summed E-state index contributed by atoms with van der Waals surface area (Å²) >= 11 is 0. The average Bonchev–Trinajstić information content (AvgIpc) is 2.16. The van der Waals surface area contributed by atoms with Gasteiger partial charge in [-0.3, -0.25) is 4.79 Å². The van der Waals surface area contributed by atoms with E-state index in [2.05, 4.69) is 5.32 Å². The smallest absolute Gasteiger partial charge is 0.222 e. The summed E-state index contributed by atoms with van der Waals surface area (Å²) < 4.78 is 0. The van der Waals surface area contributed by atoms with Gasteiger partial charge in [-0.2, -0.15) is 0 Å². The van der Waals surface area contributed by atoms with Gasteiger partial charge >= 0.3 is 0 Å². The van der Waals surface area contributed by atoms with Crippen LogP contribution in [0.4, 0.5) is 0 Å². The first kappa shape index (κ1) is 12.8. The first-order chi connectivity index (χ1) is 6.72. The largest absolute Gasteiger partial charge is 0.359 e. The number of rotatable bonds is 1. The molecule has 88 valence electrons. The highest BCUT2D eigenvalue weighted by molar-refractivity contribution is 5.85. The molecular weight excluding hydrogens is 212 g/mol. The molecule has 0 spiro atoms. The summed E-state index contributed by atoms with van der Waals surface area (Å²) in [6.07, 6.45) is 5.79. The minimum Gasteiger partial charge on any atom is -0.359 e. The summed E-state index contributed by atoms with van der Waals surface area (Å²) in [6.45, 7) is 0. The number of hydrogen-bond donors (Lipinski definition) is 2. The summed E-state index contributed by atoms with van der Waals surface area (Å²) in [6, 6.07) is 0.365. The van der Waals surface area contributed by atoms with E-state index >= 15 is 0 Å². The van der Waals surface area contributed by atoms with Crippen molar-refractivity contribution in [2.24, 2.45) is 23.5 Å². The topological polar surface area (TPSA) is 55.1 Å². The van der Waals surface area contributed by atoms with Gasteiger partial charge in [-0.1, -0.05) is 6.42 Å². The van der Waals surface area contributed by atoms with E-state index in [0.29, 0.717) is 17.9 Å². The van der Waals surface area contributed by atoms with E-state index in [1.807, 2.05) is 0 Å². The molecule has 3 N–H and O–H groups in total. The second-order valence-corrected chi connectivity index (χ2v) is 4.81. The van der Waals surface area contributed by atoms with E-state index in [9.17, 15) is 4.79 Å². The zero-order valence-electron chi connectivity index (χ0n) is 9.24. The van der Waals surface area contributed by atoms with Crippen LogP contribution in [0, 0.1) is 17.8 Å². The molecule has 1 amide bonds. The molecule has 0 saturated heterocycles. The number of nitrogens with one attached hydrogen (secondary N) is 1. The van der Waals surface area contributed by atoms with Gasteiger partial charge < -0.3 is 11.1 Å². The molecule has 3 nitrogen and oxygen atoms in total. The number of carbonyl (C=O) groups is 1. The Balaban J connectivity index is 0.00000112. The van der Waals surface area contributed by atoms with Crippen LogP contribution in [-0.2, 0) is 4.79 Å². The molecule has 2 aliphatic rings. The Bertz CT molecular complexity index is 221. The van der Waals surface area contributed by atoms with Crippen molar-refractivity contribution in [2.45, 2.75) is 38.1 Å². The maximum atomic E-state index is 11.6. The number of halogens is 1. The maximum absolute atomic E-state index is 11.6. The zero-order valence-corrected chi connectivity index (χ0v) is 10.1. The monoisotopic (exact) mass is 232 g/mol. The van der Waals surface area contributed by atoms with Crippen molar-refractivity contribution in [1.29, 1.82) is 0 Å². The molecular formula is C11H21ClN2O. The van der Waals surface area contributed by atoms with Crippen molar-refractivity contribution in [3.8, 4) is 0 Å². The zero-order chi connectivity index (χ0) is 10.1. The lowest BCUT2D eigenvalue weighted by Crippen LogP contribution is -2.48. The van der Waals surface area contributed by atoms with Gasteiger partial charge in [0.05, 0.1) is 0 Å². The molecule has 2 aliphatic carbocycles. The fraction of sp³-hybridized carbons (Fsp3) is 0.909. The summed E-state index contributed by atoms with van der Waals surface area (Å²) in [5.74, 6) is 1.65. The van der Waals surface area contributed by atoms with E-state index in [-0.39, 0.29) is 24.2 Å². The first-order valence-corrected chi connectivity index (χ1v) is 5.69. The van der Waals surface area contributed by atoms with Crippen LogP contribution in [0.2, 0.25) is 0 Å². The lowest BCUT2D eigenvalue weighted by atomic mass is 9.65. The third-order valence-corrected chi connectivity index (χ3v) is 4.03. The summed E-state index contributed by atoms with van der Waals surface area (Å²) in [5.41, 5.74) is 6.16. The number of carbonyl (C=O) groups excluding carboxylic acids is 1. The van der Waals surface area contributed by atoms with Crippen LogP contribution in [0.15, 0.2) is 0 Å². The van der Waals surface area contributed by atoms with Crippen molar-refractivity contribution in [1.82, 2.24) is 5.32 Å².